The van der Waals surface area contributed by atoms with Crippen LogP contribution < -0.4 is 14.4 Å². The van der Waals surface area contributed by atoms with Crippen molar-refractivity contribution < 1.29 is 22.7 Å². The number of carbonyl (C=O) groups is 1. The van der Waals surface area contributed by atoms with Crippen LogP contribution in [0.4, 0.5) is 11.4 Å². The van der Waals surface area contributed by atoms with E-state index in [9.17, 15) is 13.2 Å². The van der Waals surface area contributed by atoms with Crippen molar-refractivity contribution in [2.45, 2.75) is 19.6 Å². The molecule has 0 bridgehead atoms. The maximum atomic E-state index is 12.7. The van der Waals surface area contributed by atoms with Crippen molar-refractivity contribution in [1.29, 1.82) is 0 Å². The van der Waals surface area contributed by atoms with E-state index in [0.29, 0.717) is 23.7 Å². The monoisotopic (exact) mass is 390 g/mol. The number of carbonyl (C=O) groups excluding carboxylic acids is 1. The number of fused-ring (bicyclic) bond motifs is 1. The molecule has 7 nitrogen and oxygen atoms in total. The first-order valence-corrected chi connectivity index (χ1v) is 10.3. The number of amides is 1. The second-order valence-electron chi connectivity index (χ2n) is 6.49. The highest BCUT2D eigenvalue weighted by atomic mass is 32.2. The summed E-state index contributed by atoms with van der Waals surface area (Å²) < 4.78 is 36.5. The summed E-state index contributed by atoms with van der Waals surface area (Å²) in [5.74, 6) is -0.0463. The van der Waals surface area contributed by atoms with Gasteiger partial charge >= 0.3 is 0 Å². The standard InChI is InChI=1S/C19H22N2O5S/c1-13-7-8-17-16(9-13)21(27(3,23)24)11-18(26-17)19(22)20-15-6-4-5-14(10-15)12-25-2/h4-10,18H,11-12H2,1-3H3,(H,20,22)/t18-/m0/s1. The van der Waals surface area contributed by atoms with Crippen LogP contribution in [0.5, 0.6) is 5.75 Å². The summed E-state index contributed by atoms with van der Waals surface area (Å²) in [7, 11) is -1.96. The lowest BCUT2D eigenvalue weighted by Gasteiger charge is -2.34. The molecule has 144 valence electrons. The minimum absolute atomic E-state index is 0.0844. The van der Waals surface area contributed by atoms with Crippen molar-refractivity contribution in [2.75, 3.05) is 29.5 Å². The highest BCUT2D eigenvalue weighted by Gasteiger charge is 2.35. The molecule has 0 aromatic heterocycles. The van der Waals surface area contributed by atoms with Crippen LogP contribution in [0.15, 0.2) is 42.5 Å². The van der Waals surface area contributed by atoms with Crippen molar-refractivity contribution in [3.63, 3.8) is 0 Å². The van der Waals surface area contributed by atoms with E-state index < -0.39 is 22.0 Å². The van der Waals surface area contributed by atoms with E-state index in [1.54, 1.807) is 31.4 Å². The molecule has 1 aliphatic heterocycles. The first-order chi connectivity index (χ1) is 12.8. The average Bonchev–Trinajstić information content (AvgIpc) is 2.60. The number of sulfonamides is 1. The molecule has 8 heteroatoms. The van der Waals surface area contributed by atoms with Crippen molar-refractivity contribution >= 4 is 27.3 Å². The molecule has 0 saturated heterocycles. The molecule has 1 amide bonds. The van der Waals surface area contributed by atoms with Gasteiger partial charge in [-0.3, -0.25) is 9.10 Å². The molecule has 2 aromatic carbocycles. The highest BCUT2D eigenvalue weighted by Crippen LogP contribution is 2.36. The topological polar surface area (TPSA) is 84.9 Å². The molecule has 1 N–H and O–H groups in total. The summed E-state index contributed by atoms with van der Waals surface area (Å²) in [5.41, 5.74) is 2.87. The minimum atomic E-state index is -3.55. The summed E-state index contributed by atoms with van der Waals surface area (Å²) in [4.78, 5) is 12.7. The Bertz CT molecular complexity index is 958. The molecule has 0 unspecified atom stereocenters. The van der Waals surface area contributed by atoms with Crippen LogP contribution in [0.25, 0.3) is 0 Å². The maximum absolute atomic E-state index is 12.7. The summed E-state index contributed by atoms with van der Waals surface area (Å²) in [6.45, 7) is 2.21. The summed E-state index contributed by atoms with van der Waals surface area (Å²) >= 11 is 0. The van der Waals surface area contributed by atoms with Gasteiger partial charge < -0.3 is 14.8 Å². The average molecular weight is 390 g/mol. The van der Waals surface area contributed by atoms with Crippen molar-refractivity contribution in [3.05, 3.63) is 53.6 Å². The van der Waals surface area contributed by atoms with Crippen LogP contribution in [-0.2, 0) is 26.2 Å². The third-order valence-corrected chi connectivity index (χ3v) is 5.33. The quantitative estimate of drug-likeness (QED) is 0.847. The minimum Gasteiger partial charge on any atom is -0.476 e. The number of ether oxygens (including phenoxy) is 2. The SMILES string of the molecule is COCc1cccc(NC(=O)[C@@H]2CN(S(C)(=O)=O)c3cc(C)ccc3O2)c1. The molecular formula is C19H22N2O5S. The number of hydrogen-bond donors (Lipinski definition) is 1. The molecule has 0 radical (unpaired) electrons. The first-order valence-electron chi connectivity index (χ1n) is 8.41. The molecule has 0 spiro atoms. The Hall–Kier alpha value is -2.58. The van der Waals surface area contributed by atoms with E-state index in [2.05, 4.69) is 5.32 Å². The maximum Gasteiger partial charge on any atom is 0.267 e. The number of methoxy groups -OCH3 is 1. The van der Waals surface area contributed by atoms with Gasteiger partial charge in [0, 0.05) is 12.8 Å². The lowest BCUT2D eigenvalue weighted by molar-refractivity contribution is -0.122. The molecular weight excluding hydrogens is 368 g/mol. The van der Waals surface area contributed by atoms with Crippen LogP contribution in [0.2, 0.25) is 0 Å². The zero-order valence-electron chi connectivity index (χ0n) is 15.4. The van der Waals surface area contributed by atoms with E-state index in [1.165, 1.54) is 4.31 Å². The number of nitrogens with zero attached hydrogens (tertiary/aromatic N) is 1. The largest absolute Gasteiger partial charge is 0.476 e. The number of anilines is 2. The number of rotatable bonds is 5. The molecule has 3 rings (SSSR count). The van der Waals surface area contributed by atoms with Crippen molar-refractivity contribution in [3.8, 4) is 5.75 Å². The van der Waals surface area contributed by atoms with Crippen LogP contribution in [-0.4, -0.2) is 40.3 Å². The van der Waals surface area contributed by atoms with Gasteiger partial charge in [0.05, 0.1) is 25.1 Å². The second kappa shape index (κ2) is 7.58. The van der Waals surface area contributed by atoms with Gasteiger partial charge in [-0.15, -0.1) is 0 Å². The molecule has 27 heavy (non-hydrogen) atoms. The number of aryl methyl sites for hydroxylation is 1. The number of nitrogens with one attached hydrogen (secondary N) is 1. The van der Waals surface area contributed by atoms with E-state index in [1.807, 2.05) is 25.1 Å². The fraction of sp³-hybridized carbons (Fsp3) is 0.316. The van der Waals surface area contributed by atoms with Gasteiger partial charge in [0.1, 0.15) is 5.75 Å². The Kier molecular flexibility index (Phi) is 5.38. The van der Waals surface area contributed by atoms with Gasteiger partial charge in [-0.05, 0) is 42.3 Å². The van der Waals surface area contributed by atoms with Gasteiger partial charge in [-0.25, -0.2) is 8.42 Å². The zero-order valence-corrected chi connectivity index (χ0v) is 16.2. The van der Waals surface area contributed by atoms with E-state index in [4.69, 9.17) is 9.47 Å². The van der Waals surface area contributed by atoms with Crippen LogP contribution in [0, 0.1) is 6.92 Å². The Morgan fingerprint density at radius 2 is 2.07 bits per heavy atom. The molecule has 1 heterocycles. The lowest BCUT2D eigenvalue weighted by atomic mass is 10.1. The van der Waals surface area contributed by atoms with Crippen molar-refractivity contribution in [1.82, 2.24) is 0 Å². The van der Waals surface area contributed by atoms with E-state index in [0.717, 1.165) is 17.4 Å². The predicted molar refractivity (Wildman–Crippen MR) is 104 cm³/mol. The molecule has 0 fully saturated rings. The molecule has 1 atom stereocenters. The Labute approximate surface area is 158 Å². The van der Waals surface area contributed by atoms with Crippen molar-refractivity contribution in [2.24, 2.45) is 0 Å². The molecule has 2 aromatic rings. The first kappa shape index (κ1) is 19.2. The van der Waals surface area contributed by atoms with Crippen LogP contribution >= 0.6 is 0 Å². The molecule has 0 saturated carbocycles. The lowest BCUT2D eigenvalue weighted by Crippen LogP contribution is -2.48. The Morgan fingerprint density at radius 3 is 2.78 bits per heavy atom. The summed E-state index contributed by atoms with van der Waals surface area (Å²) in [6, 6.07) is 12.5. The molecule has 0 aliphatic carbocycles. The normalized spacial score (nSPS) is 16.4. The van der Waals surface area contributed by atoms with Gasteiger partial charge in [0.25, 0.3) is 5.91 Å². The van der Waals surface area contributed by atoms with Crippen LogP contribution in [0.3, 0.4) is 0 Å². The zero-order chi connectivity index (χ0) is 19.6. The van der Waals surface area contributed by atoms with Gasteiger partial charge in [-0.2, -0.15) is 0 Å². The number of benzene rings is 2. The van der Waals surface area contributed by atoms with E-state index in [-0.39, 0.29) is 6.54 Å². The summed E-state index contributed by atoms with van der Waals surface area (Å²) in [5, 5.41) is 2.78. The predicted octanol–water partition coefficient (Wildman–Crippen LogP) is 2.31. The smallest absolute Gasteiger partial charge is 0.267 e. The third kappa shape index (κ3) is 4.40. The third-order valence-electron chi connectivity index (χ3n) is 4.18. The Balaban J connectivity index is 1.84. The highest BCUT2D eigenvalue weighted by molar-refractivity contribution is 7.92. The van der Waals surface area contributed by atoms with Gasteiger partial charge in [0.15, 0.2) is 6.10 Å². The van der Waals surface area contributed by atoms with Gasteiger partial charge in [-0.1, -0.05) is 18.2 Å². The molecule has 1 aliphatic rings. The van der Waals surface area contributed by atoms with Gasteiger partial charge in [0.2, 0.25) is 10.0 Å². The fourth-order valence-corrected chi connectivity index (χ4v) is 3.85. The second-order valence-corrected chi connectivity index (χ2v) is 8.40. The summed E-state index contributed by atoms with van der Waals surface area (Å²) in [6.07, 6.45) is 0.161. The fourth-order valence-electron chi connectivity index (χ4n) is 2.94. The Morgan fingerprint density at radius 1 is 1.30 bits per heavy atom. The van der Waals surface area contributed by atoms with Crippen LogP contribution in [0.1, 0.15) is 11.1 Å². The van der Waals surface area contributed by atoms with E-state index >= 15 is 0 Å². The number of hydrogen-bond acceptors (Lipinski definition) is 5.